The van der Waals surface area contributed by atoms with Gasteiger partial charge in [-0.05, 0) is 46.2 Å². The molecule has 0 saturated carbocycles. The Hall–Kier alpha value is -3.09. The number of nitrogens with zero attached hydrogens (tertiary/aromatic N) is 3. The van der Waals surface area contributed by atoms with Crippen LogP contribution in [0.15, 0.2) is 89.7 Å². The van der Waals surface area contributed by atoms with Crippen LogP contribution in [-0.2, 0) is 17.8 Å². The normalized spacial score (nSPS) is 11.1. The van der Waals surface area contributed by atoms with Crippen LogP contribution in [0.1, 0.15) is 11.1 Å². The van der Waals surface area contributed by atoms with Crippen molar-refractivity contribution >= 4 is 59.3 Å². The van der Waals surface area contributed by atoms with E-state index in [1.54, 1.807) is 17.3 Å². The number of halogens is 1. The van der Waals surface area contributed by atoms with Gasteiger partial charge in [-0.3, -0.25) is 14.7 Å². The maximum absolute atomic E-state index is 13.6. The van der Waals surface area contributed by atoms with Gasteiger partial charge in [0.15, 0.2) is 5.13 Å². The Balaban J connectivity index is 1.53. The molecule has 0 radical (unpaired) electrons. The Morgan fingerprint density at radius 3 is 2.74 bits per heavy atom. The van der Waals surface area contributed by atoms with E-state index in [0.717, 1.165) is 36.6 Å². The maximum Gasteiger partial charge on any atom is 0.233 e. The predicted octanol–water partition coefficient (Wildman–Crippen LogP) is 6.38. The number of hydrogen-bond acceptors (Lipinski definition) is 4. The molecule has 4 nitrogen and oxygen atoms in total. The molecule has 1 amide bonds. The second-order valence-electron chi connectivity index (χ2n) is 7.26. The third-order valence-corrected chi connectivity index (χ3v) is 6.69. The number of rotatable bonds is 5. The van der Waals surface area contributed by atoms with Gasteiger partial charge in [-0.15, -0.1) is 0 Å². The number of anilines is 1. The lowest BCUT2D eigenvalue weighted by Gasteiger charge is -2.20. The van der Waals surface area contributed by atoms with Crippen LogP contribution in [0.2, 0.25) is 0 Å². The molecule has 31 heavy (non-hydrogen) atoms. The zero-order chi connectivity index (χ0) is 21.2. The fourth-order valence-electron chi connectivity index (χ4n) is 3.64. The lowest BCUT2D eigenvalue weighted by Crippen LogP contribution is -2.31. The summed E-state index contributed by atoms with van der Waals surface area (Å²) >= 11 is 5.04. The first-order valence-electron chi connectivity index (χ1n) is 9.89. The summed E-state index contributed by atoms with van der Waals surface area (Å²) in [6, 6.07) is 24.1. The first-order chi connectivity index (χ1) is 15.2. The topological polar surface area (TPSA) is 46.1 Å². The highest BCUT2D eigenvalue weighted by molar-refractivity contribution is 9.10. The third kappa shape index (κ3) is 4.22. The molecule has 0 N–H and O–H groups in total. The molecule has 0 saturated heterocycles. The van der Waals surface area contributed by atoms with E-state index in [1.165, 1.54) is 11.3 Å². The number of aromatic nitrogens is 2. The molecule has 2 heterocycles. The zero-order valence-electron chi connectivity index (χ0n) is 16.5. The summed E-state index contributed by atoms with van der Waals surface area (Å²) in [7, 11) is 0. The number of amides is 1. The fraction of sp³-hybridized carbons (Fsp3) is 0.0800. The highest BCUT2D eigenvalue weighted by atomic mass is 79.9. The molecule has 0 aliphatic heterocycles. The van der Waals surface area contributed by atoms with Crippen LogP contribution in [-0.4, -0.2) is 15.9 Å². The summed E-state index contributed by atoms with van der Waals surface area (Å²) in [5, 5.41) is 2.94. The number of thiazole rings is 1. The summed E-state index contributed by atoms with van der Waals surface area (Å²) in [6.07, 6.45) is 3.84. The molecule has 0 fully saturated rings. The van der Waals surface area contributed by atoms with Crippen molar-refractivity contribution in [3.63, 3.8) is 0 Å². The summed E-state index contributed by atoms with van der Waals surface area (Å²) < 4.78 is 2.04. The molecule has 5 aromatic rings. The molecule has 2 aromatic heterocycles. The second-order valence-corrected chi connectivity index (χ2v) is 9.19. The van der Waals surface area contributed by atoms with Crippen molar-refractivity contribution in [1.82, 2.24) is 9.97 Å². The third-order valence-electron chi connectivity index (χ3n) is 5.16. The molecular formula is C25H18BrN3OS. The van der Waals surface area contributed by atoms with Crippen LogP contribution >= 0.6 is 27.3 Å². The number of carbonyl (C=O) groups is 1. The van der Waals surface area contributed by atoms with Crippen molar-refractivity contribution in [2.45, 2.75) is 13.0 Å². The minimum absolute atomic E-state index is 0.0123. The summed E-state index contributed by atoms with van der Waals surface area (Å²) in [6.45, 7) is 0.429. The van der Waals surface area contributed by atoms with Crippen LogP contribution in [0.3, 0.4) is 0 Å². The standard InChI is InChI=1S/C25H18BrN3OS/c26-20-10-11-22-23(14-20)31-25(28-22)29(16-17-5-4-12-27-15-17)24(30)13-19-8-3-7-18-6-1-2-9-21(18)19/h1-12,14-15H,13,16H2. The average molecular weight is 488 g/mol. The SMILES string of the molecule is O=C(Cc1cccc2ccccc12)N(Cc1cccnc1)c1nc2ccc(Br)cc2s1. The highest BCUT2D eigenvalue weighted by Crippen LogP contribution is 2.32. The van der Waals surface area contributed by atoms with Gasteiger partial charge in [0.05, 0.1) is 23.2 Å². The van der Waals surface area contributed by atoms with Crippen molar-refractivity contribution in [1.29, 1.82) is 0 Å². The first-order valence-corrected chi connectivity index (χ1v) is 11.5. The number of pyridine rings is 1. The monoisotopic (exact) mass is 487 g/mol. The summed E-state index contributed by atoms with van der Waals surface area (Å²) in [5.74, 6) is 0.0123. The van der Waals surface area contributed by atoms with Gasteiger partial charge in [0.2, 0.25) is 5.91 Å². The van der Waals surface area contributed by atoms with Crippen molar-refractivity contribution in [3.05, 3.63) is 101 Å². The maximum atomic E-state index is 13.6. The average Bonchev–Trinajstić information content (AvgIpc) is 3.21. The Morgan fingerprint density at radius 1 is 1.00 bits per heavy atom. The van der Waals surface area contributed by atoms with E-state index >= 15 is 0 Å². The van der Waals surface area contributed by atoms with Crippen molar-refractivity contribution < 1.29 is 4.79 Å². The van der Waals surface area contributed by atoms with Gasteiger partial charge in [-0.2, -0.15) is 0 Å². The minimum Gasteiger partial charge on any atom is -0.283 e. The first kappa shape index (κ1) is 19.8. The zero-order valence-corrected chi connectivity index (χ0v) is 18.9. The van der Waals surface area contributed by atoms with Crippen LogP contribution in [0.25, 0.3) is 21.0 Å². The lowest BCUT2D eigenvalue weighted by atomic mass is 10.0. The molecule has 152 valence electrons. The van der Waals surface area contributed by atoms with Gasteiger partial charge in [0.25, 0.3) is 0 Å². The van der Waals surface area contributed by atoms with E-state index in [2.05, 4.69) is 39.1 Å². The fourth-order valence-corrected chi connectivity index (χ4v) is 5.18. The van der Waals surface area contributed by atoms with E-state index in [4.69, 9.17) is 4.98 Å². The predicted molar refractivity (Wildman–Crippen MR) is 130 cm³/mol. The molecule has 6 heteroatoms. The number of carbonyl (C=O) groups excluding carboxylic acids is 1. The molecule has 0 aliphatic carbocycles. The number of benzene rings is 3. The molecule has 0 bridgehead atoms. The van der Waals surface area contributed by atoms with E-state index in [0.29, 0.717) is 18.1 Å². The Labute approximate surface area is 192 Å². The quantitative estimate of drug-likeness (QED) is 0.288. The van der Waals surface area contributed by atoms with Crippen LogP contribution in [0.4, 0.5) is 5.13 Å². The van der Waals surface area contributed by atoms with Gasteiger partial charge in [0.1, 0.15) is 0 Å². The van der Waals surface area contributed by atoms with E-state index in [-0.39, 0.29) is 5.91 Å². The Morgan fingerprint density at radius 2 is 1.87 bits per heavy atom. The molecule has 0 unspecified atom stereocenters. The Bertz CT molecular complexity index is 1380. The van der Waals surface area contributed by atoms with E-state index < -0.39 is 0 Å². The van der Waals surface area contributed by atoms with Crippen LogP contribution in [0.5, 0.6) is 0 Å². The molecule has 5 rings (SSSR count). The smallest absolute Gasteiger partial charge is 0.233 e. The number of hydrogen-bond donors (Lipinski definition) is 0. The molecular weight excluding hydrogens is 470 g/mol. The van der Waals surface area contributed by atoms with Crippen LogP contribution in [0, 0.1) is 0 Å². The number of fused-ring (bicyclic) bond motifs is 2. The van der Waals surface area contributed by atoms with Crippen molar-refractivity contribution in [2.75, 3.05) is 4.90 Å². The van der Waals surface area contributed by atoms with Crippen LogP contribution < -0.4 is 4.90 Å². The van der Waals surface area contributed by atoms with E-state index in [1.807, 2.05) is 54.6 Å². The van der Waals surface area contributed by atoms with Gasteiger partial charge < -0.3 is 0 Å². The Kier molecular flexibility index (Phi) is 5.49. The minimum atomic E-state index is 0.0123. The van der Waals surface area contributed by atoms with Crippen molar-refractivity contribution in [2.24, 2.45) is 0 Å². The van der Waals surface area contributed by atoms with Gasteiger partial charge in [0, 0.05) is 16.9 Å². The summed E-state index contributed by atoms with van der Waals surface area (Å²) in [5.41, 5.74) is 2.87. The highest BCUT2D eigenvalue weighted by Gasteiger charge is 2.21. The van der Waals surface area contributed by atoms with Gasteiger partial charge in [-0.1, -0.05) is 75.8 Å². The lowest BCUT2D eigenvalue weighted by molar-refractivity contribution is -0.118. The molecule has 0 spiro atoms. The molecule has 0 atom stereocenters. The summed E-state index contributed by atoms with van der Waals surface area (Å²) in [4.78, 5) is 24.3. The van der Waals surface area contributed by atoms with Gasteiger partial charge in [-0.25, -0.2) is 4.98 Å². The van der Waals surface area contributed by atoms with Gasteiger partial charge >= 0.3 is 0 Å². The van der Waals surface area contributed by atoms with Crippen molar-refractivity contribution in [3.8, 4) is 0 Å². The van der Waals surface area contributed by atoms with E-state index in [9.17, 15) is 4.79 Å². The second kappa shape index (κ2) is 8.57. The largest absolute Gasteiger partial charge is 0.283 e. The molecule has 0 aliphatic rings. The molecule has 3 aromatic carbocycles.